The van der Waals surface area contributed by atoms with Crippen LogP contribution in [0.2, 0.25) is 0 Å². The van der Waals surface area contributed by atoms with Crippen molar-refractivity contribution < 1.29 is 0 Å². The third kappa shape index (κ3) is 1.52. The van der Waals surface area contributed by atoms with Crippen LogP contribution >= 0.6 is 0 Å². The molecule has 1 aliphatic rings. The van der Waals surface area contributed by atoms with Crippen LogP contribution in [0.25, 0.3) is 0 Å². The molecule has 0 amide bonds. The average Bonchev–Trinajstić information content (AvgIpc) is 2.67. The molecule has 68 valence electrons. The van der Waals surface area contributed by atoms with Gasteiger partial charge >= 0.3 is 0 Å². The summed E-state index contributed by atoms with van der Waals surface area (Å²) < 4.78 is 0. The number of para-hydroxylation sites is 1. The van der Waals surface area contributed by atoms with Gasteiger partial charge in [0, 0.05) is 6.20 Å². The van der Waals surface area contributed by atoms with E-state index < -0.39 is 0 Å². The van der Waals surface area contributed by atoms with E-state index in [0.29, 0.717) is 6.04 Å². The van der Waals surface area contributed by atoms with Crippen LogP contribution in [0.4, 0.5) is 5.69 Å². The monoisotopic (exact) mass is 174 g/mol. The highest BCUT2D eigenvalue weighted by Gasteiger charge is 2.17. The molecule has 0 bridgehead atoms. The normalized spacial score (nSPS) is 20.4. The molecule has 1 aromatic carbocycles. The third-order valence-electron chi connectivity index (χ3n) is 2.32. The number of nitrogens with one attached hydrogen (secondary N) is 1. The fourth-order valence-corrected chi connectivity index (χ4v) is 1.59. The maximum Gasteiger partial charge on any atom is 0.0699 e. The van der Waals surface area contributed by atoms with Crippen LogP contribution in [0.5, 0.6) is 0 Å². The first-order valence-corrected chi connectivity index (χ1v) is 4.69. The average molecular weight is 174 g/mol. The van der Waals surface area contributed by atoms with Crippen molar-refractivity contribution in [3.8, 4) is 0 Å². The van der Waals surface area contributed by atoms with E-state index in [2.05, 4.69) is 47.7 Å². The van der Waals surface area contributed by atoms with Crippen molar-refractivity contribution in [3.63, 3.8) is 0 Å². The number of hydrogen-bond acceptors (Lipinski definition) is 2. The van der Waals surface area contributed by atoms with Gasteiger partial charge in [0.15, 0.2) is 0 Å². The number of benzene rings is 1. The zero-order valence-corrected chi connectivity index (χ0v) is 7.77. The van der Waals surface area contributed by atoms with Crippen LogP contribution in [0.3, 0.4) is 0 Å². The Kier molecular flexibility index (Phi) is 2.21. The third-order valence-corrected chi connectivity index (χ3v) is 2.32. The minimum absolute atomic E-state index is 0.488. The summed E-state index contributed by atoms with van der Waals surface area (Å²) in [5.41, 5.74) is 4.45. The first-order valence-electron chi connectivity index (χ1n) is 4.69. The van der Waals surface area contributed by atoms with E-state index in [1.807, 2.05) is 12.3 Å². The predicted octanol–water partition coefficient (Wildman–Crippen LogP) is 2.30. The van der Waals surface area contributed by atoms with Gasteiger partial charge in [-0.25, -0.2) is 0 Å². The molecule has 2 heteroatoms. The van der Waals surface area contributed by atoms with Crippen molar-refractivity contribution in [2.75, 3.05) is 5.01 Å². The molecule has 1 aliphatic heterocycles. The van der Waals surface area contributed by atoms with Gasteiger partial charge in [-0.3, -0.25) is 5.01 Å². The van der Waals surface area contributed by atoms with Gasteiger partial charge in [-0.1, -0.05) is 25.1 Å². The molecule has 2 rings (SSSR count). The van der Waals surface area contributed by atoms with Gasteiger partial charge in [-0.2, -0.15) is 0 Å². The second-order valence-electron chi connectivity index (χ2n) is 3.17. The first-order chi connectivity index (χ1) is 6.42. The summed E-state index contributed by atoms with van der Waals surface area (Å²) in [6, 6.07) is 10.9. The van der Waals surface area contributed by atoms with Crippen LogP contribution in [-0.2, 0) is 0 Å². The van der Waals surface area contributed by atoms with Gasteiger partial charge in [0.05, 0.1) is 11.7 Å². The number of nitrogens with zero attached hydrogens (tertiary/aromatic N) is 1. The SMILES string of the molecule is CCC1C=CNN1c1ccccc1. The second kappa shape index (κ2) is 3.52. The first kappa shape index (κ1) is 8.17. The molecule has 2 nitrogen and oxygen atoms in total. The number of hydrazine groups is 1. The maximum absolute atomic E-state index is 3.23. The van der Waals surface area contributed by atoms with Crippen molar-refractivity contribution in [3.05, 3.63) is 42.6 Å². The summed E-state index contributed by atoms with van der Waals surface area (Å²) in [6.07, 6.45) is 5.31. The Morgan fingerprint density at radius 2 is 2.08 bits per heavy atom. The summed E-state index contributed by atoms with van der Waals surface area (Å²) in [6.45, 7) is 2.19. The van der Waals surface area contributed by atoms with Crippen LogP contribution in [0.1, 0.15) is 13.3 Å². The summed E-state index contributed by atoms with van der Waals surface area (Å²) in [7, 11) is 0. The van der Waals surface area contributed by atoms with E-state index >= 15 is 0 Å². The summed E-state index contributed by atoms with van der Waals surface area (Å²) >= 11 is 0. The minimum Gasteiger partial charge on any atom is -0.305 e. The molecule has 1 unspecified atom stereocenters. The Hall–Kier alpha value is -1.44. The maximum atomic E-state index is 3.23. The lowest BCUT2D eigenvalue weighted by Gasteiger charge is -2.25. The summed E-state index contributed by atoms with van der Waals surface area (Å²) in [4.78, 5) is 0. The van der Waals surface area contributed by atoms with Crippen LogP contribution < -0.4 is 10.4 Å². The van der Waals surface area contributed by atoms with Gasteiger partial charge in [-0.15, -0.1) is 0 Å². The number of hydrogen-bond donors (Lipinski definition) is 1. The molecular weight excluding hydrogens is 160 g/mol. The van der Waals surface area contributed by atoms with Gasteiger partial charge in [-0.05, 0) is 24.6 Å². The predicted molar refractivity (Wildman–Crippen MR) is 55.3 cm³/mol. The molecule has 1 atom stereocenters. The van der Waals surface area contributed by atoms with Crippen LogP contribution in [0.15, 0.2) is 42.6 Å². The molecule has 0 radical (unpaired) electrons. The topological polar surface area (TPSA) is 15.3 Å². The van der Waals surface area contributed by atoms with Gasteiger partial charge in [0.1, 0.15) is 0 Å². The van der Waals surface area contributed by atoms with Gasteiger partial charge in [0.25, 0.3) is 0 Å². The zero-order chi connectivity index (χ0) is 9.10. The molecule has 0 aromatic heterocycles. The van der Waals surface area contributed by atoms with Crippen LogP contribution in [-0.4, -0.2) is 6.04 Å². The molecule has 0 spiro atoms. The standard InChI is InChI=1S/C11H14N2/c1-2-10-8-9-12-13(10)11-6-4-3-5-7-11/h3-10,12H,2H2,1H3. The highest BCUT2D eigenvalue weighted by Crippen LogP contribution is 2.19. The van der Waals surface area contributed by atoms with Gasteiger partial charge < -0.3 is 5.43 Å². The molecule has 1 N–H and O–H groups in total. The quantitative estimate of drug-likeness (QED) is 0.740. The minimum atomic E-state index is 0.488. The Bertz CT molecular complexity index is 292. The number of anilines is 1. The lowest BCUT2D eigenvalue weighted by molar-refractivity contribution is 0.665. The fraction of sp³-hybridized carbons (Fsp3) is 0.273. The highest BCUT2D eigenvalue weighted by atomic mass is 15.5. The molecule has 0 fully saturated rings. The van der Waals surface area contributed by atoms with Crippen molar-refractivity contribution in [1.82, 2.24) is 5.43 Å². The molecular formula is C11H14N2. The molecule has 0 aliphatic carbocycles. The number of rotatable bonds is 2. The van der Waals surface area contributed by atoms with Crippen molar-refractivity contribution >= 4 is 5.69 Å². The smallest absolute Gasteiger partial charge is 0.0699 e. The highest BCUT2D eigenvalue weighted by molar-refractivity contribution is 5.48. The lowest BCUT2D eigenvalue weighted by atomic mass is 10.2. The van der Waals surface area contributed by atoms with E-state index in [1.165, 1.54) is 5.69 Å². The summed E-state index contributed by atoms with van der Waals surface area (Å²) in [5.74, 6) is 0. The van der Waals surface area contributed by atoms with Crippen LogP contribution in [0, 0.1) is 0 Å². The lowest BCUT2D eigenvalue weighted by Crippen LogP contribution is -2.36. The van der Waals surface area contributed by atoms with Crippen molar-refractivity contribution in [1.29, 1.82) is 0 Å². The van der Waals surface area contributed by atoms with E-state index in [1.54, 1.807) is 0 Å². The van der Waals surface area contributed by atoms with E-state index in [9.17, 15) is 0 Å². The van der Waals surface area contributed by atoms with Crippen molar-refractivity contribution in [2.24, 2.45) is 0 Å². The van der Waals surface area contributed by atoms with E-state index in [0.717, 1.165) is 6.42 Å². The van der Waals surface area contributed by atoms with Gasteiger partial charge in [0.2, 0.25) is 0 Å². The molecule has 0 saturated carbocycles. The van der Waals surface area contributed by atoms with E-state index in [-0.39, 0.29) is 0 Å². The molecule has 1 heterocycles. The second-order valence-corrected chi connectivity index (χ2v) is 3.17. The Balaban J connectivity index is 2.18. The Morgan fingerprint density at radius 1 is 1.31 bits per heavy atom. The molecule has 0 saturated heterocycles. The fourth-order valence-electron chi connectivity index (χ4n) is 1.59. The largest absolute Gasteiger partial charge is 0.305 e. The zero-order valence-electron chi connectivity index (χ0n) is 7.77. The van der Waals surface area contributed by atoms with E-state index in [4.69, 9.17) is 0 Å². The Morgan fingerprint density at radius 3 is 2.77 bits per heavy atom. The molecule has 13 heavy (non-hydrogen) atoms. The molecule has 1 aromatic rings. The summed E-state index contributed by atoms with van der Waals surface area (Å²) in [5, 5.41) is 2.18. The van der Waals surface area contributed by atoms with Crippen molar-refractivity contribution in [2.45, 2.75) is 19.4 Å². The Labute approximate surface area is 78.8 Å².